The molecule has 2 rings (SSSR count). The van der Waals surface area contributed by atoms with Crippen molar-refractivity contribution >= 4 is 33.2 Å². The minimum atomic E-state index is -4.50. The molecule has 0 fully saturated rings. The van der Waals surface area contributed by atoms with Crippen LogP contribution in [0.5, 0.6) is 5.88 Å². The van der Waals surface area contributed by atoms with E-state index >= 15 is 0 Å². The van der Waals surface area contributed by atoms with Crippen molar-refractivity contribution in [3.8, 4) is 5.88 Å². The first kappa shape index (κ1) is 23.9. The van der Waals surface area contributed by atoms with Gasteiger partial charge < -0.3 is 10.1 Å². The maximum Gasteiger partial charge on any atom is 0.422 e. The number of hydrogen-bond donors (Lipinski definition) is 1. The lowest BCUT2D eigenvalue weighted by Gasteiger charge is -2.21. The van der Waals surface area contributed by atoms with Crippen LogP contribution in [-0.4, -0.2) is 49.5 Å². The van der Waals surface area contributed by atoms with Gasteiger partial charge in [-0.3, -0.25) is 4.79 Å². The summed E-state index contributed by atoms with van der Waals surface area (Å²) in [5.74, 6) is -0.983. The number of anilines is 1. The first-order valence-electron chi connectivity index (χ1n) is 8.56. The van der Waals surface area contributed by atoms with Crippen LogP contribution in [-0.2, 0) is 10.0 Å². The molecule has 0 unspecified atom stereocenters. The molecular formula is C18H19ClF3N3O4S. The quantitative estimate of drug-likeness (QED) is 0.668. The third kappa shape index (κ3) is 6.07. The Morgan fingerprint density at radius 3 is 2.47 bits per heavy atom. The molecule has 0 aliphatic heterocycles. The van der Waals surface area contributed by atoms with E-state index in [0.717, 1.165) is 22.6 Å². The molecule has 7 nitrogen and oxygen atoms in total. The molecule has 0 radical (unpaired) electrons. The van der Waals surface area contributed by atoms with E-state index in [0.29, 0.717) is 0 Å². The van der Waals surface area contributed by atoms with Gasteiger partial charge in [0.2, 0.25) is 15.9 Å². The van der Waals surface area contributed by atoms with Gasteiger partial charge in [-0.05, 0) is 38.1 Å². The highest BCUT2D eigenvalue weighted by atomic mass is 35.5. The van der Waals surface area contributed by atoms with Gasteiger partial charge in [0.1, 0.15) is 0 Å². The minimum absolute atomic E-state index is 0.0248. The average Bonchev–Trinajstić information content (AvgIpc) is 2.66. The SMILES string of the molecule is CC(C)N(C)S(=O)(=O)c1ccc(Cl)c(C(=O)Nc2ccc(OCC(F)(F)F)nc2)c1. The molecular weight excluding hydrogens is 447 g/mol. The molecule has 0 spiro atoms. The summed E-state index contributed by atoms with van der Waals surface area (Å²) < 4.78 is 67.4. The van der Waals surface area contributed by atoms with Crippen molar-refractivity contribution in [3.63, 3.8) is 0 Å². The Hall–Kier alpha value is -2.37. The Kier molecular flexibility index (Phi) is 7.32. The summed E-state index contributed by atoms with van der Waals surface area (Å²) in [6.45, 7) is 1.92. The monoisotopic (exact) mass is 465 g/mol. The molecule has 1 N–H and O–H groups in total. The first-order chi connectivity index (χ1) is 13.8. The lowest BCUT2D eigenvalue weighted by Crippen LogP contribution is -2.33. The fraction of sp³-hybridized carbons (Fsp3) is 0.333. The van der Waals surface area contributed by atoms with E-state index in [1.54, 1.807) is 13.8 Å². The van der Waals surface area contributed by atoms with Crippen LogP contribution < -0.4 is 10.1 Å². The maximum absolute atomic E-state index is 12.6. The van der Waals surface area contributed by atoms with Gasteiger partial charge in [-0.2, -0.15) is 17.5 Å². The average molecular weight is 466 g/mol. The molecule has 2 aromatic rings. The zero-order valence-electron chi connectivity index (χ0n) is 16.2. The van der Waals surface area contributed by atoms with Crippen molar-refractivity contribution < 1.29 is 31.1 Å². The second-order valence-corrected chi connectivity index (χ2v) is 8.90. The van der Waals surface area contributed by atoms with Gasteiger partial charge in [-0.1, -0.05) is 11.6 Å². The number of nitrogens with zero attached hydrogens (tertiary/aromatic N) is 2. The molecule has 1 amide bonds. The number of pyridine rings is 1. The predicted molar refractivity (Wildman–Crippen MR) is 105 cm³/mol. The zero-order chi connectivity index (χ0) is 22.7. The third-order valence-electron chi connectivity index (χ3n) is 3.96. The number of amides is 1. The Labute approximate surface area is 176 Å². The number of hydrogen-bond acceptors (Lipinski definition) is 5. The van der Waals surface area contributed by atoms with Gasteiger partial charge in [0.15, 0.2) is 6.61 Å². The summed E-state index contributed by atoms with van der Waals surface area (Å²) in [4.78, 5) is 16.1. The molecule has 164 valence electrons. The van der Waals surface area contributed by atoms with E-state index in [2.05, 4.69) is 15.0 Å². The normalized spacial score (nSPS) is 12.3. The van der Waals surface area contributed by atoms with Crippen LogP contribution in [0.4, 0.5) is 18.9 Å². The van der Waals surface area contributed by atoms with E-state index in [1.165, 1.54) is 25.2 Å². The minimum Gasteiger partial charge on any atom is -0.468 e. The number of carbonyl (C=O) groups excluding carboxylic acids is 1. The van der Waals surface area contributed by atoms with Crippen molar-refractivity contribution in [3.05, 3.63) is 47.1 Å². The van der Waals surface area contributed by atoms with E-state index in [-0.39, 0.29) is 33.1 Å². The van der Waals surface area contributed by atoms with E-state index in [4.69, 9.17) is 11.6 Å². The summed E-state index contributed by atoms with van der Waals surface area (Å²) in [5.41, 5.74) is 0.0651. The molecule has 0 saturated heterocycles. The number of sulfonamides is 1. The highest BCUT2D eigenvalue weighted by molar-refractivity contribution is 7.89. The van der Waals surface area contributed by atoms with Crippen LogP contribution in [0.15, 0.2) is 41.4 Å². The summed E-state index contributed by atoms with van der Waals surface area (Å²) >= 11 is 6.05. The highest BCUT2D eigenvalue weighted by Gasteiger charge is 2.28. The summed E-state index contributed by atoms with van der Waals surface area (Å²) in [5, 5.41) is 2.48. The largest absolute Gasteiger partial charge is 0.468 e. The Bertz CT molecular complexity index is 1010. The topological polar surface area (TPSA) is 88.6 Å². The molecule has 1 heterocycles. The van der Waals surface area contributed by atoms with Gasteiger partial charge in [0.25, 0.3) is 5.91 Å². The Balaban J connectivity index is 2.19. The summed E-state index contributed by atoms with van der Waals surface area (Å²) in [6, 6.07) is 5.89. The fourth-order valence-corrected chi connectivity index (χ4v) is 3.77. The fourth-order valence-electron chi connectivity index (χ4n) is 2.18. The molecule has 0 aliphatic carbocycles. The van der Waals surface area contributed by atoms with Gasteiger partial charge >= 0.3 is 6.18 Å². The standard InChI is InChI=1S/C18H19ClF3N3O4S/c1-11(2)25(3)30(27,28)13-5-6-15(19)14(8-13)17(26)24-12-4-7-16(23-9-12)29-10-18(20,21)22/h4-9,11H,10H2,1-3H3,(H,24,26). The van der Waals surface area contributed by atoms with Crippen molar-refractivity contribution in [2.45, 2.75) is 31.0 Å². The third-order valence-corrected chi connectivity index (χ3v) is 6.32. The van der Waals surface area contributed by atoms with Crippen molar-refractivity contribution in [1.29, 1.82) is 0 Å². The van der Waals surface area contributed by atoms with Crippen LogP contribution in [0.25, 0.3) is 0 Å². The van der Waals surface area contributed by atoms with Crippen LogP contribution in [0.1, 0.15) is 24.2 Å². The first-order valence-corrected chi connectivity index (χ1v) is 10.4. The maximum atomic E-state index is 12.6. The molecule has 1 aromatic carbocycles. The van der Waals surface area contributed by atoms with Crippen molar-refractivity contribution in [2.75, 3.05) is 19.0 Å². The molecule has 0 saturated carbocycles. The number of halogens is 4. The predicted octanol–water partition coefficient (Wildman–Crippen LogP) is 3.96. The lowest BCUT2D eigenvalue weighted by atomic mass is 10.2. The summed E-state index contributed by atoms with van der Waals surface area (Å²) in [6.07, 6.45) is -3.40. The van der Waals surface area contributed by atoms with E-state index < -0.39 is 28.7 Å². The van der Waals surface area contributed by atoms with Gasteiger partial charge in [0.05, 0.1) is 27.4 Å². The second-order valence-electron chi connectivity index (χ2n) is 6.50. The number of nitrogens with one attached hydrogen (secondary N) is 1. The molecule has 0 aliphatic rings. The molecule has 30 heavy (non-hydrogen) atoms. The zero-order valence-corrected chi connectivity index (χ0v) is 17.8. The highest BCUT2D eigenvalue weighted by Crippen LogP contribution is 2.25. The number of ether oxygens (including phenoxy) is 1. The second kappa shape index (κ2) is 9.19. The Morgan fingerprint density at radius 1 is 1.27 bits per heavy atom. The Morgan fingerprint density at radius 2 is 1.93 bits per heavy atom. The number of rotatable bonds is 7. The lowest BCUT2D eigenvalue weighted by molar-refractivity contribution is -0.154. The van der Waals surface area contributed by atoms with Crippen LogP contribution in [0.2, 0.25) is 5.02 Å². The van der Waals surface area contributed by atoms with Crippen LogP contribution >= 0.6 is 11.6 Å². The molecule has 0 bridgehead atoms. The van der Waals surface area contributed by atoms with Crippen molar-refractivity contribution in [1.82, 2.24) is 9.29 Å². The number of alkyl halides is 3. The molecule has 1 aromatic heterocycles. The number of carbonyl (C=O) groups is 1. The van der Waals surface area contributed by atoms with Gasteiger partial charge in [-0.15, -0.1) is 0 Å². The van der Waals surface area contributed by atoms with Crippen LogP contribution in [0, 0.1) is 0 Å². The van der Waals surface area contributed by atoms with Crippen LogP contribution in [0.3, 0.4) is 0 Å². The van der Waals surface area contributed by atoms with E-state index in [1.807, 2.05) is 0 Å². The van der Waals surface area contributed by atoms with E-state index in [9.17, 15) is 26.4 Å². The number of aromatic nitrogens is 1. The molecule has 12 heteroatoms. The smallest absolute Gasteiger partial charge is 0.422 e. The summed E-state index contributed by atoms with van der Waals surface area (Å²) in [7, 11) is -2.41. The molecule has 0 atom stereocenters. The van der Waals surface area contributed by atoms with Gasteiger partial charge in [-0.25, -0.2) is 13.4 Å². The van der Waals surface area contributed by atoms with Gasteiger partial charge in [0, 0.05) is 19.2 Å². The number of benzene rings is 1. The van der Waals surface area contributed by atoms with Crippen molar-refractivity contribution in [2.24, 2.45) is 0 Å².